The van der Waals surface area contributed by atoms with Crippen LogP contribution in [0.15, 0.2) is 23.0 Å². The van der Waals surface area contributed by atoms with Crippen LogP contribution in [0.2, 0.25) is 0 Å². The molecular formula is C19H25N3O3. The highest BCUT2D eigenvalue weighted by atomic mass is 16.5. The summed E-state index contributed by atoms with van der Waals surface area (Å²) in [5.74, 6) is 2.21. The Morgan fingerprint density at radius 1 is 1.24 bits per heavy atom. The standard InChI is InChI=1S/C19H25N3O3/c1-4-25-17-6-5-14(11-18(17)24-3)12-22-9-7-15-16(8-10-22)20-13(2)21-19(15)23/h5-6,11H,4,7-10,12H2,1-3H3,(H,20,21,23). The molecule has 25 heavy (non-hydrogen) atoms. The molecular weight excluding hydrogens is 318 g/mol. The van der Waals surface area contributed by atoms with Crippen LogP contribution in [0.1, 0.15) is 29.6 Å². The second kappa shape index (κ2) is 7.70. The zero-order valence-corrected chi connectivity index (χ0v) is 15.1. The molecule has 0 amide bonds. The van der Waals surface area contributed by atoms with Crippen molar-refractivity contribution in [2.24, 2.45) is 0 Å². The fourth-order valence-electron chi connectivity index (χ4n) is 3.28. The molecule has 134 valence electrons. The normalized spacial score (nSPS) is 14.7. The van der Waals surface area contributed by atoms with E-state index < -0.39 is 0 Å². The quantitative estimate of drug-likeness (QED) is 0.900. The van der Waals surface area contributed by atoms with E-state index in [0.717, 1.165) is 55.2 Å². The number of nitrogens with one attached hydrogen (secondary N) is 1. The summed E-state index contributed by atoms with van der Waals surface area (Å²) in [6, 6.07) is 6.05. The van der Waals surface area contributed by atoms with Crippen molar-refractivity contribution >= 4 is 0 Å². The molecule has 0 unspecified atom stereocenters. The third kappa shape index (κ3) is 4.02. The molecule has 0 saturated carbocycles. The number of fused-ring (bicyclic) bond motifs is 1. The average Bonchev–Trinajstić information content (AvgIpc) is 2.79. The molecule has 1 aromatic heterocycles. The van der Waals surface area contributed by atoms with Crippen LogP contribution in [-0.4, -0.2) is 41.7 Å². The molecule has 1 aliphatic rings. The third-order valence-corrected chi connectivity index (χ3v) is 4.50. The van der Waals surface area contributed by atoms with E-state index in [4.69, 9.17) is 9.47 Å². The molecule has 0 saturated heterocycles. The summed E-state index contributed by atoms with van der Waals surface area (Å²) in [6.45, 7) is 6.94. The van der Waals surface area contributed by atoms with Crippen molar-refractivity contribution in [3.8, 4) is 11.5 Å². The zero-order chi connectivity index (χ0) is 17.8. The Morgan fingerprint density at radius 3 is 2.80 bits per heavy atom. The number of aromatic nitrogens is 2. The van der Waals surface area contributed by atoms with Crippen LogP contribution in [0.4, 0.5) is 0 Å². The van der Waals surface area contributed by atoms with E-state index >= 15 is 0 Å². The molecule has 1 aliphatic heterocycles. The number of H-pyrrole nitrogens is 1. The number of aromatic amines is 1. The highest BCUT2D eigenvalue weighted by molar-refractivity contribution is 5.43. The Bertz CT molecular complexity index is 801. The lowest BCUT2D eigenvalue weighted by molar-refractivity contribution is 0.277. The van der Waals surface area contributed by atoms with Gasteiger partial charge in [-0.15, -0.1) is 0 Å². The summed E-state index contributed by atoms with van der Waals surface area (Å²) in [7, 11) is 1.66. The highest BCUT2D eigenvalue weighted by Crippen LogP contribution is 2.28. The number of rotatable bonds is 5. The summed E-state index contributed by atoms with van der Waals surface area (Å²) >= 11 is 0. The first-order valence-electron chi connectivity index (χ1n) is 8.71. The summed E-state index contributed by atoms with van der Waals surface area (Å²) in [6.07, 6.45) is 1.53. The van der Waals surface area contributed by atoms with Gasteiger partial charge in [-0.1, -0.05) is 6.07 Å². The number of ether oxygens (including phenoxy) is 2. The number of benzene rings is 1. The van der Waals surface area contributed by atoms with Gasteiger partial charge < -0.3 is 14.5 Å². The van der Waals surface area contributed by atoms with Gasteiger partial charge in [-0.3, -0.25) is 9.69 Å². The maximum Gasteiger partial charge on any atom is 0.254 e. The molecule has 1 N–H and O–H groups in total. The molecule has 1 aromatic carbocycles. The van der Waals surface area contributed by atoms with Crippen molar-refractivity contribution in [2.75, 3.05) is 26.8 Å². The largest absolute Gasteiger partial charge is 0.493 e. The number of aryl methyl sites for hydroxylation is 1. The predicted octanol–water partition coefficient (Wildman–Crippen LogP) is 2.09. The number of hydrogen-bond acceptors (Lipinski definition) is 5. The molecule has 2 heterocycles. The molecule has 6 nitrogen and oxygen atoms in total. The topological polar surface area (TPSA) is 67.5 Å². The molecule has 0 atom stereocenters. The first-order valence-corrected chi connectivity index (χ1v) is 8.71. The van der Waals surface area contributed by atoms with E-state index in [1.54, 1.807) is 7.11 Å². The van der Waals surface area contributed by atoms with Gasteiger partial charge in [0.05, 0.1) is 19.4 Å². The minimum Gasteiger partial charge on any atom is -0.493 e. The molecule has 3 rings (SSSR count). The molecule has 0 radical (unpaired) electrons. The van der Waals surface area contributed by atoms with Crippen molar-refractivity contribution in [3.63, 3.8) is 0 Å². The van der Waals surface area contributed by atoms with E-state index in [9.17, 15) is 4.79 Å². The molecule has 2 aromatic rings. The van der Waals surface area contributed by atoms with Gasteiger partial charge in [-0.05, 0) is 38.0 Å². The summed E-state index contributed by atoms with van der Waals surface area (Å²) in [4.78, 5) is 21.8. The molecule has 0 aliphatic carbocycles. The van der Waals surface area contributed by atoms with Crippen LogP contribution in [0.3, 0.4) is 0 Å². The second-order valence-electron chi connectivity index (χ2n) is 6.27. The zero-order valence-electron chi connectivity index (χ0n) is 15.1. The Hall–Kier alpha value is -2.34. The first-order chi connectivity index (χ1) is 12.1. The van der Waals surface area contributed by atoms with Gasteiger partial charge in [-0.2, -0.15) is 0 Å². The van der Waals surface area contributed by atoms with Gasteiger partial charge in [0.2, 0.25) is 0 Å². The van der Waals surface area contributed by atoms with Crippen LogP contribution in [0.5, 0.6) is 11.5 Å². The van der Waals surface area contributed by atoms with Gasteiger partial charge in [0.25, 0.3) is 5.56 Å². The lowest BCUT2D eigenvalue weighted by Gasteiger charge is -2.20. The monoisotopic (exact) mass is 343 g/mol. The molecule has 0 fully saturated rings. The van der Waals surface area contributed by atoms with Crippen molar-refractivity contribution in [1.82, 2.24) is 14.9 Å². The van der Waals surface area contributed by atoms with Crippen LogP contribution >= 0.6 is 0 Å². The van der Waals surface area contributed by atoms with Gasteiger partial charge >= 0.3 is 0 Å². The Kier molecular flexibility index (Phi) is 5.38. The smallest absolute Gasteiger partial charge is 0.254 e. The van der Waals surface area contributed by atoms with E-state index in [-0.39, 0.29) is 5.56 Å². The predicted molar refractivity (Wildman–Crippen MR) is 96.4 cm³/mol. The maximum absolute atomic E-state index is 12.1. The average molecular weight is 343 g/mol. The SMILES string of the molecule is CCOc1ccc(CN2CCc3nc(C)[nH]c(=O)c3CC2)cc1OC. The Morgan fingerprint density at radius 2 is 2.04 bits per heavy atom. The van der Waals surface area contributed by atoms with Crippen molar-refractivity contribution < 1.29 is 9.47 Å². The van der Waals surface area contributed by atoms with Crippen molar-refractivity contribution in [2.45, 2.75) is 33.2 Å². The lowest BCUT2D eigenvalue weighted by Crippen LogP contribution is -2.26. The highest BCUT2D eigenvalue weighted by Gasteiger charge is 2.18. The number of methoxy groups -OCH3 is 1. The molecule has 6 heteroatoms. The molecule has 0 spiro atoms. The van der Waals surface area contributed by atoms with E-state index in [2.05, 4.69) is 20.9 Å². The fraction of sp³-hybridized carbons (Fsp3) is 0.474. The summed E-state index contributed by atoms with van der Waals surface area (Å²) in [5, 5.41) is 0. The van der Waals surface area contributed by atoms with Crippen LogP contribution in [0, 0.1) is 6.92 Å². The van der Waals surface area contributed by atoms with Crippen molar-refractivity contribution in [3.05, 3.63) is 51.2 Å². The van der Waals surface area contributed by atoms with E-state index in [1.165, 1.54) is 5.56 Å². The van der Waals surface area contributed by atoms with Gasteiger partial charge in [0.1, 0.15) is 5.82 Å². The van der Waals surface area contributed by atoms with Crippen LogP contribution < -0.4 is 15.0 Å². The Balaban J connectivity index is 1.73. The molecule has 0 bridgehead atoms. The first kappa shape index (κ1) is 17.5. The lowest BCUT2D eigenvalue weighted by atomic mass is 10.1. The van der Waals surface area contributed by atoms with Crippen molar-refractivity contribution in [1.29, 1.82) is 0 Å². The summed E-state index contributed by atoms with van der Waals surface area (Å²) in [5.41, 5.74) is 2.95. The van der Waals surface area contributed by atoms with Gasteiger partial charge in [0.15, 0.2) is 11.5 Å². The minimum atomic E-state index is 0.00656. The van der Waals surface area contributed by atoms with Gasteiger partial charge in [-0.25, -0.2) is 4.98 Å². The third-order valence-electron chi connectivity index (χ3n) is 4.50. The Labute approximate surface area is 147 Å². The van der Waals surface area contributed by atoms with Crippen LogP contribution in [-0.2, 0) is 19.4 Å². The van der Waals surface area contributed by atoms with Gasteiger partial charge in [0, 0.05) is 31.6 Å². The van der Waals surface area contributed by atoms with E-state index in [0.29, 0.717) is 12.4 Å². The van der Waals surface area contributed by atoms with Crippen LogP contribution in [0.25, 0.3) is 0 Å². The number of nitrogens with zero attached hydrogens (tertiary/aromatic N) is 2. The van der Waals surface area contributed by atoms with E-state index in [1.807, 2.05) is 26.0 Å². The minimum absolute atomic E-state index is 0.00656. The fourth-order valence-corrected chi connectivity index (χ4v) is 3.28. The second-order valence-corrected chi connectivity index (χ2v) is 6.27. The summed E-state index contributed by atoms with van der Waals surface area (Å²) < 4.78 is 11.0. The number of hydrogen-bond donors (Lipinski definition) is 1. The maximum atomic E-state index is 12.1.